The predicted octanol–water partition coefficient (Wildman–Crippen LogP) is 3.05. The third-order valence-corrected chi connectivity index (χ3v) is 4.08. The average molecular weight is 383 g/mol. The molecule has 3 amide bonds. The van der Waals surface area contributed by atoms with Gasteiger partial charge in [0.15, 0.2) is 0 Å². The lowest BCUT2D eigenvalue weighted by Crippen LogP contribution is -2.46. The van der Waals surface area contributed by atoms with Crippen LogP contribution >= 0.6 is 0 Å². The van der Waals surface area contributed by atoms with Gasteiger partial charge in [0.05, 0.1) is 12.8 Å². The van der Waals surface area contributed by atoms with E-state index in [2.05, 4.69) is 16.0 Å². The highest BCUT2D eigenvalue weighted by Gasteiger charge is 2.23. The van der Waals surface area contributed by atoms with Gasteiger partial charge in [0.25, 0.3) is 5.91 Å². The summed E-state index contributed by atoms with van der Waals surface area (Å²) < 4.78 is 5.22. The van der Waals surface area contributed by atoms with Gasteiger partial charge in [-0.2, -0.15) is 0 Å². The first kappa shape index (κ1) is 21.0. The molecular weight excluding hydrogens is 358 g/mol. The number of hydrogen-bond acceptors (Lipinski definition) is 4. The van der Waals surface area contributed by atoms with Crippen molar-refractivity contribution in [2.45, 2.75) is 26.8 Å². The van der Waals surface area contributed by atoms with E-state index in [9.17, 15) is 14.4 Å². The molecule has 0 bridgehead atoms. The molecule has 2 rings (SSSR count). The van der Waals surface area contributed by atoms with Crippen molar-refractivity contribution in [2.75, 3.05) is 17.7 Å². The standard InChI is InChI=1S/C21H25N3O4/c1-13(2)19(22-14(3)25)21(27)23-16-11-9-15(10-12-16)20(26)24-17-7-5-6-8-18(17)28-4/h5-13,19H,1-4H3,(H,22,25)(H,23,27)(H,24,26)/t19-/m1/s1. The van der Waals surface area contributed by atoms with E-state index in [0.717, 1.165) is 0 Å². The fourth-order valence-corrected chi connectivity index (χ4v) is 2.62. The van der Waals surface area contributed by atoms with Crippen LogP contribution in [-0.4, -0.2) is 30.9 Å². The van der Waals surface area contributed by atoms with Crippen molar-refractivity contribution in [1.29, 1.82) is 0 Å². The lowest BCUT2D eigenvalue weighted by atomic mass is 10.0. The van der Waals surface area contributed by atoms with Gasteiger partial charge in [-0.25, -0.2) is 0 Å². The Hall–Kier alpha value is -3.35. The number of carbonyl (C=O) groups is 3. The summed E-state index contributed by atoms with van der Waals surface area (Å²) in [5.74, 6) is -0.360. The molecule has 0 aromatic heterocycles. The number of rotatable bonds is 7. The number of ether oxygens (including phenoxy) is 1. The molecular formula is C21H25N3O4. The van der Waals surface area contributed by atoms with E-state index < -0.39 is 6.04 Å². The number of benzene rings is 2. The quantitative estimate of drug-likeness (QED) is 0.685. The average Bonchev–Trinajstić information content (AvgIpc) is 2.66. The number of amides is 3. The first-order chi connectivity index (χ1) is 13.3. The second kappa shape index (κ2) is 9.55. The molecule has 1 atom stereocenters. The first-order valence-electron chi connectivity index (χ1n) is 8.94. The van der Waals surface area contributed by atoms with Crippen molar-refractivity contribution >= 4 is 29.1 Å². The van der Waals surface area contributed by atoms with Gasteiger partial charge in [-0.15, -0.1) is 0 Å². The molecule has 0 saturated carbocycles. The fraction of sp³-hybridized carbons (Fsp3) is 0.286. The Balaban J connectivity index is 2.05. The van der Waals surface area contributed by atoms with Crippen LogP contribution in [-0.2, 0) is 9.59 Å². The van der Waals surface area contributed by atoms with Gasteiger partial charge in [-0.3, -0.25) is 14.4 Å². The zero-order valence-corrected chi connectivity index (χ0v) is 16.4. The molecule has 0 heterocycles. The fourth-order valence-electron chi connectivity index (χ4n) is 2.62. The number of nitrogens with one attached hydrogen (secondary N) is 3. The minimum atomic E-state index is -0.633. The normalized spacial score (nSPS) is 11.5. The third kappa shape index (κ3) is 5.57. The number of methoxy groups -OCH3 is 1. The maximum atomic E-state index is 12.4. The van der Waals surface area contributed by atoms with Crippen molar-refractivity contribution < 1.29 is 19.1 Å². The number of para-hydroxylation sites is 2. The zero-order chi connectivity index (χ0) is 20.7. The molecule has 148 valence electrons. The topological polar surface area (TPSA) is 96.5 Å². The summed E-state index contributed by atoms with van der Waals surface area (Å²) in [5, 5.41) is 8.19. The highest BCUT2D eigenvalue weighted by atomic mass is 16.5. The molecule has 2 aromatic carbocycles. The third-order valence-electron chi connectivity index (χ3n) is 4.08. The largest absolute Gasteiger partial charge is 0.495 e. The molecule has 7 heteroatoms. The van der Waals surface area contributed by atoms with Gasteiger partial charge in [0.1, 0.15) is 11.8 Å². The highest BCUT2D eigenvalue weighted by Crippen LogP contribution is 2.24. The summed E-state index contributed by atoms with van der Waals surface area (Å²) in [6.07, 6.45) is 0. The maximum Gasteiger partial charge on any atom is 0.255 e. The van der Waals surface area contributed by atoms with Crippen LogP contribution in [0, 0.1) is 5.92 Å². The van der Waals surface area contributed by atoms with Crippen molar-refractivity contribution in [2.24, 2.45) is 5.92 Å². The SMILES string of the molecule is COc1ccccc1NC(=O)c1ccc(NC(=O)[C@H](NC(C)=O)C(C)C)cc1. The van der Waals surface area contributed by atoms with Gasteiger partial charge in [-0.05, 0) is 42.3 Å². The Morgan fingerprint density at radius 2 is 1.57 bits per heavy atom. The van der Waals surface area contributed by atoms with E-state index >= 15 is 0 Å². The monoisotopic (exact) mass is 383 g/mol. The van der Waals surface area contributed by atoms with E-state index in [-0.39, 0.29) is 23.6 Å². The van der Waals surface area contributed by atoms with Gasteiger partial charge >= 0.3 is 0 Å². The Bertz CT molecular complexity index is 847. The molecule has 7 nitrogen and oxygen atoms in total. The molecule has 0 aliphatic heterocycles. The van der Waals surface area contributed by atoms with Crippen LogP contribution in [0.2, 0.25) is 0 Å². The molecule has 0 aliphatic rings. The highest BCUT2D eigenvalue weighted by molar-refractivity contribution is 6.05. The van der Waals surface area contributed by atoms with Crippen LogP contribution < -0.4 is 20.7 Å². The lowest BCUT2D eigenvalue weighted by Gasteiger charge is -2.21. The Morgan fingerprint density at radius 1 is 0.929 bits per heavy atom. The van der Waals surface area contributed by atoms with E-state index in [0.29, 0.717) is 22.7 Å². The van der Waals surface area contributed by atoms with Crippen LogP contribution in [0.3, 0.4) is 0 Å². The second-order valence-corrected chi connectivity index (χ2v) is 6.64. The molecule has 0 fully saturated rings. The summed E-state index contributed by atoms with van der Waals surface area (Å²) in [4.78, 5) is 36.1. The minimum absolute atomic E-state index is 0.0604. The summed E-state index contributed by atoms with van der Waals surface area (Å²) in [5.41, 5.74) is 1.54. The molecule has 0 unspecified atom stereocenters. The first-order valence-corrected chi connectivity index (χ1v) is 8.94. The predicted molar refractivity (Wildman–Crippen MR) is 108 cm³/mol. The van der Waals surface area contributed by atoms with Crippen molar-refractivity contribution in [3.8, 4) is 5.75 Å². The van der Waals surface area contributed by atoms with Gasteiger partial charge < -0.3 is 20.7 Å². The van der Waals surface area contributed by atoms with E-state index in [4.69, 9.17) is 4.74 Å². The van der Waals surface area contributed by atoms with Gasteiger partial charge in [0.2, 0.25) is 11.8 Å². The summed E-state index contributed by atoms with van der Waals surface area (Å²) in [6.45, 7) is 5.08. The van der Waals surface area contributed by atoms with Crippen LogP contribution in [0.1, 0.15) is 31.1 Å². The van der Waals surface area contributed by atoms with Crippen molar-refractivity contribution in [3.05, 3.63) is 54.1 Å². The summed E-state index contributed by atoms with van der Waals surface area (Å²) >= 11 is 0. The maximum absolute atomic E-state index is 12.4. The van der Waals surface area contributed by atoms with Crippen LogP contribution in [0.25, 0.3) is 0 Å². The second-order valence-electron chi connectivity index (χ2n) is 6.64. The van der Waals surface area contributed by atoms with Crippen LogP contribution in [0.5, 0.6) is 5.75 Å². The molecule has 2 aromatic rings. The van der Waals surface area contributed by atoms with E-state index in [1.165, 1.54) is 14.0 Å². The van der Waals surface area contributed by atoms with Crippen molar-refractivity contribution in [1.82, 2.24) is 5.32 Å². The summed E-state index contributed by atoms with van der Waals surface area (Å²) in [7, 11) is 1.54. The molecule has 0 radical (unpaired) electrons. The minimum Gasteiger partial charge on any atom is -0.495 e. The van der Waals surface area contributed by atoms with Crippen LogP contribution in [0.4, 0.5) is 11.4 Å². The Labute approximate surface area is 164 Å². The van der Waals surface area contributed by atoms with Crippen LogP contribution in [0.15, 0.2) is 48.5 Å². The Kier molecular flexibility index (Phi) is 7.14. The number of hydrogen-bond donors (Lipinski definition) is 3. The smallest absolute Gasteiger partial charge is 0.255 e. The number of anilines is 2. The zero-order valence-electron chi connectivity index (χ0n) is 16.4. The lowest BCUT2D eigenvalue weighted by molar-refractivity contribution is -0.126. The van der Waals surface area contributed by atoms with Gasteiger partial charge in [0, 0.05) is 18.2 Å². The Morgan fingerprint density at radius 3 is 2.14 bits per heavy atom. The van der Waals surface area contributed by atoms with E-state index in [1.807, 2.05) is 19.9 Å². The van der Waals surface area contributed by atoms with E-state index in [1.54, 1.807) is 42.5 Å². The molecule has 3 N–H and O–H groups in total. The summed E-state index contributed by atoms with van der Waals surface area (Å²) in [6, 6.07) is 13.0. The molecule has 0 saturated heterocycles. The molecule has 0 spiro atoms. The van der Waals surface area contributed by atoms with Crippen molar-refractivity contribution in [3.63, 3.8) is 0 Å². The molecule has 0 aliphatic carbocycles. The van der Waals surface area contributed by atoms with Gasteiger partial charge in [-0.1, -0.05) is 26.0 Å². The molecule has 28 heavy (non-hydrogen) atoms. The number of carbonyl (C=O) groups excluding carboxylic acids is 3.